The molecule has 170 valence electrons. The monoisotopic (exact) mass is 429 g/mol. The van der Waals surface area contributed by atoms with Crippen LogP contribution < -0.4 is 27.1 Å². The first kappa shape index (κ1) is 21.7. The number of hydrazine groups is 1. The van der Waals surface area contributed by atoms with Crippen LogP contribution in [-0.2, 0) is 4.84 Å². The van der Waals surface area contributed by atoms with E-state index in [1.807, 2.05) is 12.1 Å². The van der Waals surface area contributed by atoms with Gasteiger partial charge in [-0.2, -0.15) is 0 Å². The van der Waals surface area contributed by atoms with Crippen LogP contribution in [0, 0.1) is 5.92 Å². The second-order valence-corrected chi connectivity index (χ2v) is 8.77. The molecule has 31 heavy (non-hydrogen) atoms. The third kappa shape index (κ3) is 6.24. The van der Waals surface area contributed by atoms with Crippen molar-refractivity contribution in [3.05, 3.63) is 29.7 Å². The maximum Gasteiger partial charge on any atom is 0.218 e. The molecule has 0 amide bonds. The van der Waals surface area contributed by atoms with E-state index in [9.17, 15) is 0 Å². The summed E-state index contributed by atoms with van der Waals surface area (Å²) in [7, 11) is 1.74. The van der Waals surface area contributed by atoms with Gasteiger partial charge in [-0.3, -0.25) is 4.98 Å². The van der Waals surface area contributed by atoms with Gasteiger partial charge < -0.3 is 20.8 Å². The van der Waals surface area contributed by atoms with Crippen LogP contribution in [0.25, 0.3) is 5.70 Å². The molecule has 2 heterocycles. The van der Waals surface area contributed by atoms with Crippen LogP contribution in [-0.4, -0.2) is 41.9 Å². The molecule has 4 rings (SSSR count). The molecule has 3 aliphatic rings. The van der Waals surface area contributed by atoms with Crippen molar-refractivity contribution in [1.29, 1.82) is 0 Å². The van der Waals surface area contributed by atoms with Crippen LogP contribution in [0.1, 0.15) is 63.5 Å². The third-order valence-electron chi connectivity index (χ3n) is 6.12. The van der Waals surface area contributed by atoms with Crippen molar-refractivity contribution in [2.45, 2.75) is 70.1 Å². The molecule has 2 aliphatic carbocycles. The number of nitrogens with one attached hydrogen (secondary N) is 2. The quantitative estimate of drug-likeness (QED) is 0.348. The number of likely N-dealkylation sites (N-methyl/N-ethyl adjacent to an activating group) is 1. The van der Waals surface area contributed by atoms with Gasteiger partial charge in [-0.15, -0.1) is 0 Å². The summed E-state index contributed by atoms with van der Waals surface area (Å²) < 4.78 is 6.05. The van der Waals surface area contributed by atoms with Crippen molar-refractivity contribution in [2.24, 2.45) is 22.5 Å². The fourth-order valence-electron chi connectivity index (χ4n) is 4.01. The zero-order chi connectivity index (χ0) is 21.6. The molecule has 0 bridgehead atoms. The number of aliphatic imine (C=N–C) groups is 1. The van der Waals surface area contributed by atoms with Gasteiger partial charge in [0.15, 0.2) is 6.23 Å². The fraction of sp³-hybridized carbons (Fsp3) is 0.636. The van der Waals surface area contributed by atoms with Gasteiger partial charge in [0, 0.05) is 7.05 Å². The molecule has 2 saturated carbocycles. The molecule has 1 aromatic heterocycles. The van der Waals surface area contributed by atoms with Crippen molar-refractivity contribution >= 4 is 11.7 Å². The Kier molecular flexibility index (Phi) is 7.14. The van der Waals surface area contributed by atoms with E-state index in [4.69, 9.17) is 21.2 Å². The Hall–Kier alpha value is -2.52. The van der Waals surface area contributed by atoms with Gasteiger partial charge in [0.1, 0.15) is 5.75 Å². The zero-order valence-corrected chi connectivity index (χ0v) is 18.3. The summed E-state index contributed by atoms with van der Waals surface area (Å²) in [6.07, 6.45) is 12.8. The standard InChI is InChI=1S/C22H35N7O2/c1-29(24)19(14-26-22-27-20(31-28-22)12-9-15-7-8-15)21(23)18-11-10-17(13-25-18)30-16-5-3-2-4-6-16/h10-11,13,15-16,20H,2-9,12,14,23-24H2,1H3,(H2,26,27,28)/b21-19-. The smallest absolute Gasteiger partial charge is 0.218 e. The SMILES string of the molecule is CN(N)/C(CN=C1NOC(CCC2CC2)N1)=C(\N)c1ccc(OC2CCCCC2)cn1. The molecule has 1 unspecified atom stereocenters. The van der Waals surface area contributed by atoms with Crippen molar-refractivity contribution in [3.8, 4) is 5.75 Å². The van der Waals surface area contributed by atoms with Crippen LogP contribution in [0.4, 0.5) is 0 Å². The lowest BCUT2D eigenvalue weighted by Gasteiger charge is -2.23. The molecular formula is C22H35N7O2. The minimum Gasteiger partial charge on any atom is -0.489 e. The number of aromatic nitrogens is 1. The second-order valence-electron chi connectivity index (χ2n) is 8.77. The van der Waals surface area contributed by atoms with Gasteiger partial charge in [0.25, 0.3) is 0 Å². The summed E-state index contributed by atoms with van der Waals surface area (Å²) in [5, 5.41) is 4.74. The highest BCUT2D eigenvalue weighted by atomic mass is 16.7. The zero-order valence-electron chi connectivity index (χ0n) is 18.3. The van der Waals surface area contributed by atoms with Crippen LogP contribution in [0.3, 0.4) is 0 Å². The predicted octanol–water partition coefficient (Wildman–Crippen LogP) is 2.22. The molecule has 1 saturated heterocycles. The number of guanidine groups is 1. The molecule has 0 radical (unpaired) electrons. The average molecular weight is 430 g/mol. The summed E-state index contributed by atoms with van der Waals surface area (Å²) in [4.78, 5) is 14.6. The molecule has 0 spiro atoms. The van der Waals surface area contributed by atoms with E-state index in [1.165, 1.54) is 43.5 Å². The summed E-state index contributed by atoms with van der Waals surface area (Å²) in [6, 6.07) is 3.79. The molecule has 1 atom stereocenters. The van der Waals surface area contributed by atoms with E-state index in [-0.39, 0.29) is 12.3 Å². The molecule has 6 N–H and O–H groups in total. The van der Waals surface area contributed by atoms with Crippen molar-refractivity contribution in [1.82, 2.24) is 20.8 Å². The van der Waals surface area contributed by atoms with Crippen molar-refractivity contribution in [2.75, 3.05) is 13.6 Å². The highest BCUT2D eigenvalue weighted by Crippen LogP contribution is 2.34. The van der Waals surface area contributed by atoms with Crippen molar-refractivity contribution in [3.63, 3.8) is 0 Å². The molecular weight excluding hydrogens is 394 g/mol. The number of nitrogens with two attached hydrogens (primary N) is 2. The molecule has 1 aliphatic heterocycles. The molecule has 1 aromatic rings. The van der Waals surface area contributed by atoms with Gasteiger partial charge in [-0.1, -0.05) is 19.3 Å². The second kappa shape index (κ2) is 10.2. The molecule has 9 heteroatoms. The predicted molar refractivity (Wildman–Crippen MR) is 120 cm³/mol. The van der Waals surface area contributed by atoms with Gasteiger partial charge >= 0.3 is 0 Å². The highest BCUT2D eigenvalue weighted by Gasteiger charge is 2.26. The molecule has 0 aromatic carbocycles. The third-order valence-corrected chi connectivity index (χ3v) is 6.12. The summed E-state index contributed by atoms with van der Waals surface area (Å²) in [6.45, 7) is 0.300. The van der Waals surface area contributed by atoms with Crippen molar-refractivity contribution < 1.29 is 9.57 Å². The molecule has 9 nitrogen and oxygen atoms in total. The van der Waals surface area contributed by atoms with Crippen LogP contribution in [0.15, 0.2) is 29.0 Å². The van der Waals surface area contributed by atoms with E-state index in [1.54, 1.807) is 13.2 Å². The maximum atomic E-state index is 6.39. The number of hydrogen-bond acceptors (Lipinski definition) is 7. The Balaban J connectivity index is 1.36. The Morgan fingerprint density at radius 2 is 2.03 bits per heavy atom. The number of hydroxylamine groups is 1. The number of hydrogen-bond donors (Lipinski definition) is 4. The van der Waals surface area contributed by atoms with Gasteiger partial charge in [-0.05, 0) is 56.6 Å². The first-order valence-electron chi connectivity index (χ1n) is 11.4. The average Bonchev–Trinajstić information content (AvgIpc) is 3.50. The van der Waals surface area contributed by atoms with Gasteiger partial charge in [-0.25, -0.2) is 21.2 Å². The first-order chi connectivity index (χ1) is 15.1. The summed E-state index contributed by atoms with van der Waals surface area (Å²) in [5.41, 5.74) is 11.1. The Morgan fingerprint density at radius 1 is 1.23 bits per heavy atom. The van der Waals surface area contributed by atoms with Crippen LogP contribution >= 0.6 is 0 Å². The van der Waals surface area contributed by atoms with E-state index < -0.39 is 0 Å². The van der Waals surface area contributed by atoms with E-state index in [0.717, 1.165) is 30.9 Å². The number of rotatable bonds is 9. The fourth-order valence-corrected chi connectivity index (χ4v) is 4.01. The van der Waals surface area contributed by atoms with E-state index in [0.29, 0.717) is 29.6 Å². The Bertz CT molecular complexity index is 784. The van der Waals surface area contributed by atoms with Crippen LogP contribution in [0.5, 0.6) is 5.75 Å². The summed E-state index contributed by atoms with van der Waals surface area (Å²) >= 11 is 0. The maximum absolute atomic E-state index is 6.39. The number of pyridine rings is 1. The van der Waals surface area contributed by atoms with Gasteiger partial charge in [0.2, 0.25) is 5.96 Å². The normalized spacial score (nSPS) is 23.8. The lowest BCUT2D eigenvalue weighted by molar-refractivity contribution is 0.0292. The Morgan fingerprint density at radius 3 is 2.71 bits per heavy atom. The molecule has 3 fully saturated rings. The number of nitrogens with zero attached hydrogens (tertiary/aromatic N) is 3. The highest BCUT2D eigenvalue weighted by molar-refractivity contribution is 5.80. The summed E-state index contributed by atoms with van der Waals surface area (Å²) in [5.74, 6) is 8.28. The topological polar surface area (TPSA) is 123 Å². The Labute approximate surface area is 184 Å². The largest absolute Gasteiger partial charge is 0.489 e. The lowest BCUT2D eigenvalue weighted by Crippen LogP contribution is -2.32. The number of ether oxygens (including phenoxy) is 1. The van der Waals surface area contributed by atoms with Crippen LogP contribution in [0.2, 0.25) is 0 Å². The first-order valence-corrected chi connectivity index (χ1v) is 11.4. The van der Waals surface area contributed by atoms with E-state index >= 15 is 0 Å². The minimum atomic E-state index is -0.0434. The van der Waals surface area contributed by atoms with Gasteiger partial charge in [0.05, 0.1) is 35.9 Å². The minimum absolute atomic E-state index is 0.0434. The lowest BCUT2D eigenvalue weighted by atomic mass is 9.98. The van der Waals surface area contributed by atoms with E-state index in [2.05, 4.69) is 20.8 Å².